The normalized spacial score (nSPS) is 11.9. The van der Waals surface area contributed by atoms with Gasteiger partial charge in [0.25, 0.3) is 11.6 Å². The van der Waals surface area contributed by atoms with Gasteiger partial charge in [-0.2, -0.15) is 0 Å². The largest absolute Gasteiger partial charge is 0.467 e. The minimum atomic E-state index is -0.757. The number of nitrogens with one attached hydrogen (secondary N) is 1. The highest BCUT2D eigenvalue weighted by molar-refractivity contribution is 5.98. The van der Waals surface area contributed by atoms with Crippen molar-refractivity contribution < 1.29 is 19.2 Å². The van der Waals surface area contributed by atoms with Gasteiger partial charge in [-0.25, -0.2) is 0 Å². The topological polar surface area (TPSA) is 106 Å². The van der Waals surface area contributed by atoms with Crippen LogP contribution in [0, 0.1) is 17.0 Å². The van der Waals surface area contributed by atoms with Gasteiger partial charge in [0.05, 0.1) is 17.8 Å². The molecule has 1 atom stereocenters. The molecule has 7 nitrogen and oxygen atoms in total. The fraction of sp³-hybridized carbons (Fsp3) is 0.214. The van der Waals surface area contributed by atoms with Gasteiger partial charge in [-0.05, 0) is 25.1 Å². The molecule has 0 radical (unpaired) electrons. The van der Waals surface area contributed by atoms with E-state index < -0.39 is 16.9 Å². The minimum Gasteiger partial charge on any atom is -0.467 e. The number of hydrogen-bond acceptors (Lipinski definition) is 5. The van der Waals surface area contributed by atoms with Crippen molar-refractivity contribution in [3.8, 4) is 0 Å². The predicted octanol–water partition coefficient (Wildman–Crippen LogP) is 1.96. The minimum absolute atomic E-state index is 0.0509. The molecule has 0 saturated heterocycles. The highest BCUT2D eigenvalue weighted by Crippen LogP contribution is 2.24. The van der Waals surface area contributed by atoms with E-state index in [1.807, 2.05) is 0 Å². The Morgan fingerprint density at radius 3 is 2.76 bits per heavy atom. The van der Waals surface area contributed by atoms with Crippen LogP contribution >= 0.6 is 0 Å². The van der Waals surface area contributed by atoms with Gasteiger partial charge in [0, 0.05) is 5.56 Å². The van der Waals surface area contributed by atoms with Crippen molar-refractivity contribution in [2.75, 3.05) is 6.61 Å². The summed E-state index contributed by atoms with van der Waals surface area (Å²) >= 11 is 0. The SMILES string of the molecule is Cc1cccc(C(=O)NC(CO)c2ccco2)c1[N+](=O)[O-]. The van der Waals surface area contributed by atoms with E-state index >= 15 is 0 Å². The molecule has 0 bridgehead atoms. The summed E-state index contributed by atoms with van der Waals surface area (Å²) in [6.45, 7) is 1.18. The van der Waals surface area contributed by atoms with Crippen molar-refractivity contribution in [2.45, 2.75) is 13.0 Å². The van der Waals surface area contributed by atoms with E-state index in [4.69, 9.17) is 4.42 Å². The summed E-state index contributed by atoms with van der Waals surface area (Å²) in [5.41, 5.74) is 0.0994. The van der Waals surface area contributed by atoms with Crippen LogP contribution in [0.3, 0.4) is 0 Å². The van der Waals surface area contributed by atoms with Crippen LogP contribution in [-0.4, -0.2) is 22.5 Å². The zero-order valence-electron chi connectivity index (χ0n) is 11.3. The van der Waals surface area contributed by atoms with Crippen LogP contribution in [0.2, 0.25) is 0 Å². The monoisotopic (exact) mass is 290 g/mol. The van der Waals surface area contributed by atoms with Crippen LogP contribution in [0.4, 0.5) is 5.69 Å². The number of carbonyl (C=O) groups excluding carboxylic acids is 1. The van der Waals surface area contributed by atoms with Gasteiger partial charge >= 0.3 is 0 Å². The number of benzene rings is 1. The molecule has 110 valence electrons. The zero-order chi connectivity index (χ0) is 15.4. The molecule has 0 spiro atoms. The molecule has 21 heavy (non-hydrogen) atoms. The summed E-state index contributed by atoms with van der Waals surface area (Å²) < 4.78 is 5.12. The van der Waals surface area contributed by atoms with Crippen LogP contribution in [0.5, 0.6) is 0 Å². The summed E-state index contributed by atoms with van der Waals surface area (Å²) in [5.74, 6) is -0.262. The number of aryl methyl sites for hydroxylation is 1. The van der Waals surface area contributed by atoms with Gasteiger partial charge in [-0.3, -0.25) is 14.9 Å². The molecule has 1 amide bonds. The molecule has 0 aliphatic heterocycles. The highest BCUT2D eigenvalue weighted by atomic mass is 16.6. The maximum absolute atomic E-state index is 12.2. The van der Waals surface area contributed by atoms with E-state index in [2.05, 4.69) is 5.32 Å². The number of nitrogens with zero attached hydrogens (tertiary/aromatic N) is 1. The molecule has 1 unspecified atom stereocenters. The third kappa shape index (κ3) is 3.09. The Kier molecular flexibility index (Phi) is 4.34. The van der Waals surface area contributed by atoms with E-state index in [1.54, 1.807) is 31.2 Å². The molecule has 1 aromatic carbocycles. The number of amides is 1. The Hall–Kier alpha value is -2.67. The molecular formula is C14H14N2O5. The fourth-order valence-electron chi connectivity index (χ4n) is 2.02. The van der Waals surface area contributed by atoms with Crippen molar-refractivity contribution in [1.82, 2.24) is 5.32 Å². The van der Waals surface area contributed by atoms with Crippen molar-refractivity contribution in [1.29, 1.82) is 0 Å². The van der Waals surface area contributed by atoms with Crippen LogP contribution in [0.1, 0.15) is 27.7 Å². The summed E-state index contributed by atoms with van der Waals surface area (Å²) in [4.78, 5) is 22.7. The summed E-state index contributed by atoms with van der Waals surface area (Å²) in [7, 11) is 0. The maximum Gasteiger partial charge on any atom is 0.285 e. The first-order valence-electron chi connectivity index (χ1n) is 6.23. The lowest BCUT2D eigenvalue weighted by molar-refractivity contribution is -0.385. The first-order chi connectivity index (χ1) is 10.0. The average Bonchev–Trinajstić information content (AvgIpc) is 2.97. The van der Waals surface area contributed by atoms with E-state index in [-0.39, 0.29) is 17.9 Å². The molecule has 2 aromatic rings. The number of furan rings is 1. The van der Waals surface area contributed by atoms with Gasteiger partial charge in [0.1, 0.15) is 17.4 Å². The highest BCUT2D eigenvalue weighted by Gasteiger charge is 2.25. The first kappa shape index (κ1) is 14.7. The molecule has 7 heteroatoms. The average molecular weight is 290 g/mol. The van der Waals surface area contributed by atoms with Gasteiger partial charge in [-0.1, -0.05) is 12.1 Å². The molecule has 2 rings (SSSR count). The predicted molar refractivity (Wildman–Crippen MR) is 73.8 cm³/mol. The standard InChI is InChI=1S/C14H14N2O5/c1-9-4-2-5-10(13(9)16(19)20)14(18)15-11(8-17)12-6-3-7-21-12/h2-7,11,17H,8H2,1H3,(H,15,18). The van der Waals surface area contributed by atoms with E-state index in [0.717, 1.165) is 0 Å². The Morgan fingerprint density at radius 2 is 2.19 bits per heavy atom. The van der Waals surface area contributed by atoms with Crippen molar-refractivity contribution >= 4 is 11.6 Å². The second kappa shape index (κ2) is 6.19. The second-order valence-corrected chi connectivity index (χ2v) is 4.45. The number of nitro benzene ring substituents is 1. The Labute approximate surface area is 120 Å². The molecular weight excluding hydrogens is 276 g/mol. The third-order valence-electron chi connectivity index (χ3n) is 3.04. The second-order valence-electron chi connectivity index (χ2n) is 4.45. The molecule has 0 aliphatic carbocycles. The van der Waals surface area contributed by atoms with Gasteiger partial charge in [0.2, 0.25) is 0 Å². The molecule has 1 aromatic heterocycles. The van der Waals surface area contributed by atoms with E-state index in [1.165, 1.54) is 12.3 Å². The van der Waals surface area contributed by atoms with Gasteiger partial charge < -0.3 is 14.8 Å². The summed E-state index contributed by atoms with van der Waals surface area (Å²) in [5, 5.41) is 22.9. The summed E-state index contributed by atoms with van der Waals surface area (Å²) in [6.07, 6.45) is 1.42. The first-order valence-corrected chi connectivity index (χ1v) is 6.23. The quantitative estimate of drug-likeness (QED) is 0.646. The molecule has 0 aliphatic rings. The molecule has 0 saturated carbocycles. The number of carbonyl (C=O) groups is 1. The zero-order valence-corrected chi connectivity index (χ0v) is 11.3. The van der Waals surface area contributed by atoms with E-state index in [0.29, 0.717) is 11.3 Å². The number of aliphatic hydroxyl groups is 1. The van der Waals surface area contributed by atoms with Crippen LogP contribution < -0.4 is 5.32 Å². The Morgan fingerprint density at radius 1 is 1.43 bits per heavy atom. The molecule has 1 heterocycles. The van der Waals surface area contributed by atoms with E-state index in [9.17, 15) is 20.0 Å². The third-order valence-corrected chi connectivity index (χ3v) is 3.04. The number of aliphatic hydroxyl groups excluding tert-OH is 1. The Bertz CT molecular complexity index is 651. The lowest BCUT2D eigenvalue weighted by Crippen LogP contribution is -2.31. The van der Waals surface area contributed by atoms with Gasteiger partial charge in [-0.15, -0.1) is 0 Å². The van der Waals surface area contributed by atoms with Crippen LogP contribution in [-0.2, 0) is 0 Å². The van der Waals surface area contributed by atoms with Crippen LogP contribution in [0.25, 0.3) is 0 Å². The number of nitro groups is 1. The van der Waals surface area contributed by atoms with Gasteiger partial charge in [0.15, 0.2) is 0 Å². The van der Waals surface area contributed by atoms with Crippen molar-refractivity contribution in [2.24, 2.45) is 0 Å². The molecule has 2 N–H and O–H groups in total. The lowest BCUT2D eigenvalue weighted by atomic mass is 10.1. The summed E-state index contributed by atoms with van der Waals surface area (Å²) in [6, 6.07) is 6.97. The number of rotatable bonds is 5. The fourth-order valence-corrected chi connectivity index (χ4v) is 2.02. The van der Waals surface area contributed by atoms with Crippen LogP contribution in [0.15, 0.2) is 41.0 Å². The lowest BCUT2D eigenvalue weighted by Gasteiger charge is -2.14. The number of para-hydroxylation sites is 1. The smallest absolute Gasteiger partial charge is 0.285 e. The van der Waals surface area contributed by atoms with Crippen molar-refractivity contribution in [3.05, 3.63) is 63.6 Å². The number of hydrogen-bond donors (Lipinski definition) is 2. The molecule has 0 fully saturated rings. The Balaban J connectivity index is 2.29. The maximum atomic E-state index is 12.2. The van der Waals surface area contributed by atoms with Crippen molar-refractivity contribution in [3.63, 3.8) is 0 Å².